The van der Waals surface area contributed by atoms with Crippen molar-refractivity contribution < 1.29 is 19.7 Å². The van der Waals surface area contributed by atoms with Crippen LogP contribution in [0.15, 0.2) is 12.3 Å². The topological polar surface area (TPSA) is 66.8 Å². The fourth-order valence-corrected chi connectivity index (χ4v) is 1.41. The molecule has 4 nitrogen and oxygen atoms in total. The predicted molar refractivity (Wildman–Crippen MR) is 39.9 cm³/mol. The molecule has 0 aromatic heterocycles. The molecule has 0 saturated heterocycles. The Morgan fingerprint density at radius 2 is 2.55 bits per heavy atom. The van der Waals surface area contributed by atoms with Gasteiger partial charge in [-0.3, -0.25) is 0 Å². The van der Waals surface area contributed by atoms with Crippen molar-refractivity contribution >= 4 is 17.7 Å². The fraction of sp³-hybridized carbons (Fsp3) is 0.500. The second kappa shape index (κ2) is 3.64. The summed E-state index contributed by atoms with van der Waals surface area (Å²) in [5, 5.41) is 17.1. The number of aliphatic carboxylic acids is 1. The standard InChI is InChI=1S/C6H8O4S/c7-5(8)6(9)11-4-2-1-3-10-4/h1,3-4,6,9H,2H2,(H,7,8). The van der Waals surface area contributed by atoms with Crippen molar-refractivity contribution in [3.05, 3.63) is 12.3 Å². The number of carbonyl (C=O) groups is 1. The highest BCUT2D eigenvalue weighted by atomic mass is 32.2. The van der Waals surface area contributed by atoms with Gasteiger partial charge in [-0.15, -0.1) is 0 Å². The number of thioether (sulfide) groups is 1. The van der Waals surface area contributed by atoms with Crippen LogP contribution in [0.3, 0.4) is 0 Å². The predicted octanol–water partition coefficient (Wildman–Crippen LogP) is 0.383. The molecule has 1 aliphatic heterocycles. The summed E-state index contributed by atoms with van der Waals surface area (Å²) in [4.78, 5) is 10.1. The van der Waals surface area contributed by atoms with Gasteiger partial charge in [0.1, 0.15) is 5.44 Å². The minimum Gasteiger partial charge on any atom is -0.487 e. The van der Waals surface area contributed by atoms with Gasteiger partial charge in [-0.2, -0.15) is 0 Å². The molecule has 0 fully saturated rings. The van der Waals surface area contributed by atoms with Crippen molar-refractivity contribution in [1.29, 1.82) is 0 Å². The van der Waals surface area contributed by atoms with E-state index in [1.807, 2.05) is 0 Å². The molecule has 0 aliphatic carbocycles. The average Bonchev–Trinajstić information content (AvgIpc) is 2.39. The van der Waals surface area contributed by atoms with Gasteiger partial charge in [0.2, 0.25) is 5.44 Å². The molecule has 0 radical (unpaired) electrons. The molecule has 0 bridgehead atoms. The Bertz CT molecular complexity index is 171. The van der Waals surface area contributed by atoms with Crippen LogP contribution in [0.4, 0.5) is 0 Å². The third-order valence-corrected chi connectivity index (χ3v) is 2.21. The van der Waals surface area contributed by atoms with Crippen LogP contribution in [-0.2, 0) is 9.53 Å². The first-order valence-electron chi connectivity index (χ1n) is 3.07. The van der Waals surface area contributed by atoms with Gasteiger partial charge in [-0.25, -0.2) is 4.79 Å². The lowest BCUT2D eigenvalue weighted by Crippen LogP contribution is -2.18. The Hall–Kier alpha value is -0.680. The van der Waals surface area contributed by atoms with E-state index in [4.69, 9.17) is 14.9 Å². The Morgan fingerprint density at radius 3 is 3.00 bits per heavy atom. The largest absolute Gasteiger partial charge is 0.487 e. The van der Waals surface area contributed by atoms with Crippen LogP contribution in [0.5, 0.6) is 0 Å². The van der Waals surface area contributed by atoms with Crippen molar-refractivity contribution in [3.63, 3.8) is 0 Å². The first-order chi connectivity index (χ1) is 5.20. The molecular weight excluding hydrogens is 168 g/mol. The monoisotopic (exact) mass is 176 g/mol. The van der Waals surface area contributed by atoms with E-state index in [-0.39, 0.29) is 5.44 Å². The molecule has 11 heavy (non-hydrogen) atoms. The quantitative estimate of drug-likeness (QED) is 0.608. The number of carboxylic acid groups (broad SMARTS) is 1. The van der Waals surface area contributed by atoms with Crippen LogP contribution >= 0.6 is 11.8 Å². The summed E-state index contributed by atoms with van der Waals surface area (Å²) in [6.07, 6.45) is 3.94. The van der Waals surface area contributed by atoms with Gasteiger partial charge in [0.15, 0.2) is 0 Å². The lowest BCUT2D eigenvalue weighted by Gasteiger charge is -2.11. The van der Waals surface area contributed by atoms with Gasteiger partial charge in [-0.1, -0.05) is 11.8 Å². The van der Waals surface area contributed by atoms with Crippen molar-refractivity contribution in [2.75, 3.05) is 0 Å². The van der Waals surface area contributed by atoms with E-state index in [1.165, 1.54) is 6.26 Å². The minimum atomic E-state index is -1.39. The lowest BCUT2D eigenvalue weighted by molar-refractivity contribution is -0.142. The van der Waals surface area contributed by atoms with Crippen molar-refractivity contribution in [1.82, 2.24) is 0 Å². The Labute approximate surface area is 67.9 Å². The Balaban J connectivity index is 2.25. The Morgan fingerprint density at radius 1 is 1.82 bits per heavy atom. The summed E-state index contributed by atoms with van der Waals surface area (Å²) in [6.45, 7) is 0. The van der Waals surface area contributed by atoms with Gasteiger partial charge < -0.3 is 14.9 Å². The molecule has 2 unspecified atom stereocenters. The highest BCUT2D eigenvalue weighted by Crippen LogP contribution is 2.24. The van der Waals surface area contributed by atoms with Crippen LogP contribution in [0.25, 0.3) is 0 Å². The number of carboxylic acids is 1. The van der Waals surface area contributed by atoms with Crippen molar-refractivity contribution in [2.24, 2.45) is 0 Å². The molecule has 0 spiro atoms. The average molecular weight is 176 g/mol. The first-order valence-corrected chi connectivity index (χ1v) is 4.01. The molecule has 0 aromatic carbocycles. The lowest BCUT2D eigenvalue weighted by atomic mass is 10.5. The summed E-state index contributed by atoms with van der Waals surface area (Å²) >= 11 is 0.887. The van der Waals surface area contributed by atoms with Gasteiger partial charge in [0.05, 0.1) is 6.26 Å². The second-order valence-electron chi connectivity index (χ2n) is 2.00. The number of ether oxygens (including phenoxy) is 1. The number of aliphatic hydroxyl groups is 1. The van der Waals surface area contributed by atoms with Crippen LogP contribution in [0, 0.1) is 0 Å². The van der Waals surface area contributed by atoms with Gasteiger partial charge in [0, 0.05) is 6.42 Å². The third-order valence-electron chi connectivity index (χ3n) is 1.15. The van der Waals surface area contributed by atoms with Crippen molar-refractivity contribution in [3.8, 4) is 0 Å². The van der Waals surface area contributed by atoms with Gasteiger partial charge in [-0.05, 0) is 6.08 Å². The van der Waals surface area contributed by atoms with E-state index in [9.17, 15) is 4.79 Å². The second-order valence-corrected chi connectivity index (χ2v) is 3.24. The molecule has 0 amide bonds. The molecule has 62 valence electrons. The van der Waals surface area contributed by atoms with E-state index in [0.29, 0.717) is 6.42 Å². The number of hydrogen-bond acceptors (Lipinski definition) is 4. The summed E-state index contributed by atoms with van der Waals surface area (Å²) in [5.41, 5.74) is -1.64. The zero-order valence-electron chi connectivity index (χ0n) is 5.64. The highest BCUT2D eigenvalue weighted by Gasteiger charge is 2.21. The maximum absolute atomic E-state index is 10.1. The number of aliphatic hydroxyl groups excluding tert-OH is 1. The smallest absolute Gasteiger partial charge is 0.343 e. The van der Waals surface area contributed by atoms with Gasteiger partial charge in [0.25, 0.3) is 0 Å². The van der Waals surface area contributed by atoms with E-state index >= 15 is 0 Å². The molecule has 1 rings (SSSR count). The fourth-order valence-electron chi connectivity index (χ4n) is 0.655. The molecule has 1 heterocycles. The maximum Gasteiger partial charge on any atom is 0.343 e. The van der Waals surface area contributed by atoms with Crippen LogP contribution in [-0.4, -0.2) is 27.1 Å². The zero-order valence-corrected chi connectivity index (χ0v) is 6.45. The highest BCUT2D eigenvalue weighted by molar-refractivity contribution is 8.00. The van der Waals surface area contributed by atoms with Crippen LogP contribution < -0.4 is 0 Å². The summed E-state index contributed by atoms with van der Waals surface area (Å²) < 4.78 is 4.93. The Kier molecular flexibility index (Phi) is 2.78. The van der Waals surface area contributed by atoms with Crippen LogP contribution in [0.1, 0.15) is 6.42 Å². The number of hydrogen-bond donors (Lipinski definition) is 2. The molecule has 5 heteroatoms. The van der Waals surface area contributed by atoms with Crippen LogP contribution in [0.2, 0.25) is 0 Å². The van der Waals surface area contributed by atoms with Crippen molar-refractivity contribution in [2.45, 2.75) is 17.3 Å². The van der Waals surface area contributed by atoms with Gasteiger partial charge >= 0.3 is 5.97 Å². The number of rotatable bonds is 3. The molecule has 1 aliphatic rings. The SMILES string of the molecule is O=C(O)C(O)SC1CC=CO1. The van der Waals surface area contributed by atoms with E-state index in [1.54, 1.807) is 6.08 Å². The molecule has 0 aromatic rings. The maximum atomic E-state index is 10.1. The summed E-state index contributed by atoms with van der Waals surface area (Å²) in [7, 11) is 0. The summed E-state index contributed by atoms with van der Waals surface area (Å²) in [5.74, 6) is -1.23. The first kappa shape index (κ1) is 8.42. The van der Waals surface area contributed by atoms with E-state index < -0.39 is 11.4 Å². The molecule has 2 N–H and O–H groups in total. The van der Waals surface area contributed by atoms with E-state index in [2.05, 4.69) is 0 Å². The summed E-state index contributed by atoms with van der Waals surface area (Å²) in [6, 6.07) is 0. The molecule has 0 saturated carbocycles. The third kappa shape index (κ3) is 2.44. The normalized spacial score (nSPS) is 24.6. The van der Waals surface area contributed by atoms with E-state index in [0.717, 1.165) is 11.8 Å². The zero-order chi connectivity index (χ0) is 8.27. The minimum absolute atomic E-state index is 0.249. The molecule has 2 atom stereocenters. The molecular formula is C6H8O4S.